The Morgan fingerprint density at radius 2 is 2.24 bits per heavy atom. The first-order chi connectivity index (χ1) is 8.20. The van der Waals surface area contributed by atoms with Crippen LogP contribution in [-0.4, -0.2) is 17.9 Å². The van der Waals surface area contributed by atoms with Crippen LogP contribution in [0.2, 0.25) is 0 Å². The summed E-state index contributed by atoms with van der Waals surface area (Å²) >= 11 is 1.80. The molecule has 94 valence electrons. The maximum absolute atomic E-state index is 6.08. The number of hydrogen-bond donors (Lipinski definition) is 2. The molecule has 0 bridgehead atoms. The van der Waals surface area contributed by atoms with Crippen molar-refractivity contribution in [1.29, 1.82) is 0 Å². The summed E-state index contributed by atoms with van der Waals surface area (Å²) in [6.07, 6.45) is 3.54. The van der Waals surface area contributed by atoms with Gasteiger partial charge in [-0.1, -0.05) is 6.42 Å². The van der Waals surface area contributed by atoms with Crippen LogP contribution in [0.3, 0.4) is 0 Å². The molecule has 3 nitrogen and oxygen atoms in total. The molecule has 4 heteroatoms. The number of anilines is 1. The largest absolute Gasteiger partial charge is 0.494 e. The summed E-state index contributed by atoms with van der Waals surface area (Å²) in [4.78, 5) is 1.10. The van der Waals surface area contributed by atoms with Gasteiger partial charge < -0.3 is 16.2 Å². The minimum Gasteiger partial charge on any atom is -0.494 e. The average Bonchev–Trinajstić information content (AvgIpc) is 2.70. The topological polar surface area (TPSA) is 61.3 Å². The number of thioether (sulfide) groups is 1. The Morgan fingerprint density at radius 3 is 2.88 bits per heavy atom. The fourth-order valence-electron chi connectivity index (χ4n) is 2.14. The summed E-state index contributed by atoms with van der Waals surface area (Å²) in [5, 5.41) is 0.495. The lowest BCUT2D eigenvalue weighted by atomic mass is 10.3. The van der Waals surface area contributed by atoms with E-state index in [4.69, 9.17) is 16.2 Å². The van der Waals surface area contributed by atoms with E-state index < -0.39 is 0 Å². The molecule has 1 aromatic carbocycles. The van der Waals surface area contributed by atoms with Gasteiger partial charge in [0.1, 0.15) is 5.75 Å². The molecule has 0 radical (unpaired) electrons. The number of ether oxygens (including phenoxy) is 1. The van der Waals surface area contributed by atoms with E-state index in [0.717, 1.165) is 22.8 Å². The summed E-state index contributed by atoms with van der Waals surface area (Å²) in [6.45, 7) is 2.66. The van der Waals surface area contributed by atoms with Crippen molar-refractivity contribution < 1.29 is 4.74 Å². The van der Waals surface area contributed by atoms with Gasteiger partial charge in [0.25, 0.3) is 0 Å². The van der Waals surface area contributed by atoms with E-state index in [-0.39, 0.29) is 0 Å². The highest BCUT2D eigenvalue weighted by molar-refractivity contribution is 8.00. The predicted octanol–water partition coefficient (Wildman–Crippen LogP) is 2.64. The monoisotopic (exact) mass is 252 g/mol. The first-order valence-electron chi connectivity index (χ1n) is 6.15. The lowest BCUT2D eigenvalue weighted by Crippen LogP contribution is -2.26. The molecule has 0 aromatic heterocycles. The molecular formula is C13H20N2OS. The summed E-state index contributed by atoms with van der Waals surface area (Å²) in [6, 6.07) is 6.15. The number of benzene rings is 1. The van der Waals surface area contributed by atoms with Crippen LogP contribution in [0.1, 0.15) is 26.2 Å². The minimum absolute atomic E-state index is 0.301. The lowest BCUT2D eigenvalue weighted by Gasteiger charge is -2.16. The fourth-order valence-corrected chi connectivity index (χ4v) is 3.45. The van der Waals surface area contributed by atoms with Crippen LogP contribution in [0.25, 0.3) is 0 Å². The quantitative estimate of drug-likeness (QED) is 0.809. The second-order valence-electron chi connectivity index (χ2n) is 4.38. The zero-order chi connectivity index (χ0) is 12.3. The molecule has 0 saturated heterocycles. The number of nitrogen functional groups attached to an aromatic ring is 1. The van der Waals surface area contributed by atoms with E-state index >= 15 is 0 Å². The molecule has 1 aliphatic rings. The Labute approximate surface area is 107 Å². The maximum Gasteiger partial charge on any atom is 0.120 e. The first kappa shape index (κ1) is 12.6. The van der Waals surface area contributed by atoms with Crippen molar-refractivity contribution in [3.05, 3.63) is 18.2 Å². The van der Waals surface area contributed by atoms with Crippen LogP contribution in [0, 0.1) is 0 Å². The number of hydrogen-bond acceptors (Lipinski definition) is 4. The lowest BCUT2D eigenvalue weighted by molar-refractivity contribution is 0.339. The third-order valence-corrected chi connectivity index (χ3v) is 4.57. The summed E-state index contributed by atoms with van der Waals surface area (Å²) in [7, 11) is 0. The van der Waals surface area contributed by atoms with E-state index in [1.807, 2.05) is 25.1 Å². The van der Waals surface area contributed by atoms with Crippen LogP contribution in [-0.2, 0) is 0 Å². The minimum atomic E-state index is 0.301. The van der Waals surface area contributed by atoms with E-state index in [1.54, 1.807) is 11.8 Å². The molecular weight excluding hydrogens is 232 g/mol. The average molecular weight is 252 g/mol. The molecule has 1 fully saturated rings. The van der Waals surface area contributed by atoms with Gasteiger partial charge in [-0.3, -0.25) is 0 Å². The SMILES string of the molecule is CCOc1ccc(N)c(SC2CCCC2N)c1. The van der Waals surface area contributed by atoms with Crippen LogP contribution in [0.15, 0.2) is 23.1 Å². The van der Waals surface area contributed by atoms with Crippen molar-refractivity contribution in [3.63, 3.8) is 0 Å². The van der Waals surface area contributed by atoms with Gasteiger partial charge in [-0.15, -0.1) is 11.8 Å². The zero-order valence-electron chi connectivity index (χ0n) is 10.2. The van der Waals surface area contributed by atoms with E-state index in [9.17, 15) is 0 Å². The Balaban J connectivity index is 2.10. The van der Waals surface area contributed by atoms with Crippen LogP contribution >= 0.6 is 11.8 Å². The first-order valence-corrected chi connectivity index (χ1v) is 7.03. The summed E-state index contributed by atoms with van der Waals surface area (Å²) in [5.41, 5.74) is 12.9. The molecule has 0 heterocycles. The molecule has 2 unspecified atom stereocenters. The van der Waals surface area contributed by atoms with Gasteiger partial charge >= 0.3 is 0 Å². The van der Waals surface area contributed by atoms with Gasteiger partial charge in [-0.2, -0.15) is 0 Å². The molecule has 1 aromatic rings. The molecule has 0 amide bonds. The molecule has 1 saturated carbocycles. The van der Waals surface area contributed by atoms with E-state index in [1.165, 1.54) is 12.8 Å². The molecule has 0 spiro atoms. The van der Waals surface area contributed by atoms with Crippen molar-refractivity contribution in [2.24, 2.45) is 5.73 Å². The standard InChI is InChI=1S/C13H20N2OS/c1-2-16-9-6-7-11(15)13(8-9)17-12-5-3-4-10(12)14/h6-8,10,12H,2-5,14-15H2,1H3. The predicted molar refractivity (Wildman–Crippen MR) is 73.5 cm³/mol. The van der Waals surface area contributed by atoms with Gasteiger partial charge in [0, 0.05) is 21.9 Å². The van der Waals surface area contributed by atoms with Crippen molar-refractivity contribution in [3.8, 4) is 5.75 Å². The van der Waals surface area contributed by atoms with Crippen molar-refractivity contribution >= 4 is 17.4 Å². The second kappa shape index (κ2) is 5.65. The van der Waals surface area contributed by atoms with Gasteiger partial charge in [-0.25, -0.2) is 0 Å². The Kier molecular flexibility index (Phi) is 4.18. The zero-order valence-corrected chi connectivity index (χ0v) is 11.0. The highest BCUT2D eigenvalue weighted by atomic mass is 32.2. The highest BCUT2D eigenvalue weighted by Gasteiger charge is 2.25. The normalized spacial score (nSPS) is 23.9. The number of nitrogens with two attached hydrogens (primary N) is 2. The maximum atomic E-state index is 6.08. The highest BCUT2D eigenvalue weighted by Crippen LogP contribution is 2.38. The van der Waals surface area contributed by atoms with E-state index in [2.05, 4.69) is 0 Å². The van der Waals surface area contributed by atoms with E-state index in [0.29, 0.717) is 17.9 Å². The van der Waals surface area contributed by atoms with Gasteiger partial charge in [0.15, 0.2) is 0 Å². The van der Waals surface area contributed by atoms with Crippen LogP contribution in [0.5, 0.6) is 5.75 Å². The molecule has 0 aliphatic heterocycles. The molecule has 4 N–H and O–H groups in total. The van der Waals surface area contributed by atoms with Gasteiger partial charge in [0.05, 0.1) is 6.61 Å². The molecule has 1 aliphatic carbocycles. The smallest absolute Gasteiger partial charge is 0.120 e. The summed E-state index contributed by atoms with van der Waals surface area (Å²) in [5.74, 6) is 0.885. The Morgan fingerprint density at radius 1 is 1.41 bits per heavy atom. The van der Waals surface area contributed by atoms with Crippen molar-refractivity contribution in [1.82, 2.24) is 0 Å². The van der Waals surface area contributed by atoms with Gasteiger partial charge in [-0.05, 0) is 38.0 Å². The molecule has 17 heavy (non-hydrogen) atoms. The summed E-state index contributed by atoms with van der Waals surface area (Å²) < 4.78 is 5.49. The van der Waals surface area contributed by atoms with Crippen molar-refractivity contribution in [2.75, 3.05) is 12.3 Å². The van der Waals surface area contributed by atoms with Crippen molar-refractivity contribution in [2.45, 2.75) is 42.4 Å². The Hall–Kier alpha value is -0.870. The Bertz CT molecular complexity index is 384. The second-order valence-corrected chi connectivity index (χ2v) is 5.66. The van der Waals surface area contributed by atoms with Crippen LogP contribution < -0.4 is 16.2 Å². The molecule has 2 rings (SSSR count). The number of rotatable bonds is 4. The third kappa shape index (κ3) is 3.07. The van der Waals surface area contributed by atoms with Crippen LogP contribution in [0.4, 0.5) is 5.69 Å². The van der Waals surface area contributed by atoms with Gasteiger partial charge in [0.2, 0.25) is 0 Å². The fraction of sp³-hybridized carbons (Fsp3) is 0.538. The molecule has 2 atom stereocenters. The third-order valence-electron chi connectivity index (χ3n) is 3.08.